The number of hydrogen-bond donors (Lipinski definition) is 1. The van der Waals surface area contributed by atoms with Gasteiger partial charge < -0.3 is 19.7 Å². The zero-order valence-corrected chi connectivity index (χ0v) is 17.3. The molecule has 8 nitrogen and oxygen atoms in total. The van der Waals surface area contributed by atoms with E-state index >= 15 is 0 Å². The van der Waals surface area contributed by atoms with E-state index in [1.165, 1.54) is 18.4 Å². The van der Waals surface area contributed by atoms with Gasteiger partial charge in [0.15, 0.2) is 6.61 Å². The summed E-state index contributed by atoms with van der Waals surface area (Å²) in [7, 11) is 1.26. The van der Waals surface area contributed by atoms with Crippen LogP contribution in [0.3, 0.4) is 0 Å². The molecule has 0 spiro atoms. The Kier molecular flexibility index (Phi) is 6.99. The van der Waals surface area contributed by atoms with Gasteiger partial charge in [-0.25, -0.2) is 4.79 Å². The van der Waals surface area contributed by atoms with Crippen LogP contribution < -0.4 is 5.32 Å². The van der Waals surface area contributed by atoms with E-state index < -0.39 is 30.4 Å². The molecule has 1 aliphatic heterocycles. The first kappa shape index (κ1) is 21.0. The summed E-state index contributed by atoms with van der Waals surface area (Å²) in [5, 5.41) is 6.02. The number of ether oxygens (including phenoxy) is 2. The number of amides is 2. The Morgan fingerprint density at radius 3 is 2.76 bits per heavy atom. The summed E-state index contributed by atoms with van der Waals surface area (Å²) in [6.07, 6.45) is 1.30. The standard InChI is InChI=1S/C19H20N2O6S2/c1-26-19(25)16-13(6-9-29-16)20-15(22)11-27-18(24)12-4-2-7-21(10-12)17(23)14-5-3-8-28-14/h3,5-6,8-9,12H,2,4,7,10-11H2,1H3,(H,20,22). The summed E-state index contributed by atoms with van der Waals surface area (Å²) in [5.41, 5.74) is 0.313. The summed E-state index contributed by atoms with van der Waals surface area (Å²) in [6.45, 7) is 0.397. The van der Waals surface area contributed by atoms with Gasteiger partial charge in [0.2, 0.25) is 0 Å². The van der Waals surface area contributed by atoms with Crippen molar-refractivity contribution in [2.75, 3.05) is 32.1 Å². The Morgan fingerprint density at radius 1 is 1.21 bits per heavy atom. The van der Waals surface area contributed by atoms with Crippen LogP contribution in [0.2, 0.25) is 0 Å². The smallest absolute Gasteiger partial charge is 0.350 e. The maximum atomic E-state index is 12.5. The second-order valence-electron chi connectivity index (χ2n) is 6.38. The highest BCUT2D eigenvalue weighted by Crippen LogP contribution is 2.24. The molecule has 154 valence electrons. The third-order valence-electron chi connectivity index (χ3n) is 4.43. The number of nitrogens with one attached hydrogen (secondary N) is 1. The zero-order chi connectivity index (χ0) is 20.8. The third-order valence-corrected chi connectivity index (χ3v) is 6.18. The van der Waals surface area contributed by atoms with Crippen LogP contribution in [0, 0.1) is 5.92 Å². The normalized spacial score (nSPS) is 16.2. The van der Waals surface area contributed by atoms with Gasteiger partial charge in [0.05, 0.1) is 23.6 Å². The van der Waals surface area contributed by atoms with E-state index in [1.54, 1.807) is 22.4 Å². The molecule has 0 aromatic carbocycles. The summed E-state index contributed by atoms with van der Waals surface area (Å²) >= 11 is 2.50. The van der Waals surface area contributed by atoms with Crippen molar-refractivity contribution in [1.82, 2.24) is 4.90 Å². The summed E-state index contributed by atoms with van der Waals surface area (Å²) in [6, 6.07) is 5.14. The molecule has 10 heteroatoms. The molecule has 2 aromatic rings. The van der Waals surface area contributed by atoms with Gasteiger partial charge >= 0.3 is 11.9 Å². The van der Waals surface area contributed by atoms with E-state index in [1.807, 2.05) is 11.4 Å². The molecule has 3 rings (SSSR count). The van der Waals surface area contributed by atoms with Crippen molar-refractivity contribution in [2.24, 2.45) is 5.92 Å². The van der Waals surface area contributed by atoms with Crippen LogP contribution in [0.25, 0.3) is 0 Å². The van der Waals surface area contributed by atoms with Crippen LogP contribution in [0.15, 0.2) is 29.0 Å². The van der Waals surface area contributed by atoms with Crippen LogP contribution in [-0.2, 0) is 19.1 Å². The van der Waals surface area contributed by atoms with Crippen molar-refractivity contribution in [3.63, 3.8) is 0 Å². The molecule has 0 radical (unpaired) electrons. The average Bonchev–Trinajstić information content (AvgIpc) is 3.43. The number of carbonyl (C=O) groups excluding carboxylic acids is 4. The largest absolute Gasteiger partial charge is 0.465 e. The van der Waals surface area contributed by atoms with Crippen LogP contribution in [0.1, 0.15) is 32.2 Å². The second-order valence-corrected chi connectivity index (χ2v) is 8.24. The lowest BCUT2D eigenvalue weighted by molar-refractivity contribution is -0.152. The van der Waals surface area contributed by atoms with E-state index in [-0.39, 0.29) is 17.3 Å². The lowest BCUT2D eigenvalue weighted by Gasteiger charge is -2.31. The van der Waals surface area contributed by atoms with E-state index in [2.05, 4.69) is 10.1 Å². The molecule has 29 heavy (non-hydrogen) atoms. The van der Waals surface area contributed by atoms with Gasteiger partial charge in [-0.05, 0) is 35.7 Å². The number of thiophene rings is 2. The number of hydrogen-bond acceptors (Lipinski definition) is 8. The second kappa shape index (κ2) is 9.66. The molecule has 1 N–H and O–H groups in total. The van der Waals surface area contributed by atoms with Crippen molar-refractivity contribution in [3.8, 4) is 0 Å². The number of carbonyl (C=O) groups is 4. The fourth-order valence-corrected chi connectivity index (χ4v) is 4.47. The van der Waals surface area contributed by atoms with Gasteiger partial charge in [-0.3, -0.25) is 14.4 Å². The predicted molar refractivity (Wildman–Crippen MR) is 108 cm³/mol. The average molecular weight is 437 g/mol. The topological polar surface area (TPSA) is 102 Å². The highest BCUT2D eigenvalue weighted by Gasteiger charge is 2.30. The van der Waals surface area contributed by atoms with Crippen molar-refractivity contribution in [2.45, 2.75) is 12.8 Å². The number of anilines is 1. The monoisotopic (exact) mass is 436 g/mol. The zero-order valence-electron chi connectivity index (χ0n) is 15.7. The molecule has 1 saturated heterocycles. The number of esters is 2. The first-order valence-electron chi connectivity index (χ1n) is 8.94. The van der Waals surface area contributed by atoms with Crippen molar-refractivity contribution < 1.29 is 28.7 Å². The fraction of sp³-hybridized carbons (Fsp3) is 0.368. The van der Waals surface area contributed by atoms with Gasteiger partial charge in [-0.2, -0.15) is 0 Å². The van der Waals surface area contributed by atoms with Crippen LogP contribution in [0.4, 0.5) is 5.69 Å². The van der Waals surface area contributed by atoms with Gasteiger partial charge in [0.1, 0.15) is 4.88 Å². The first-order valence-corrected chi connectivity index (χ1v) is 10.7. The highest BCUT2D eigenvalue weighted by molar-refractivity contribution is 7.12. The van der Waals surface area contributed by atoms with Crippen LogP contribution in [-0.4, -0.2) is 55.5 Å². The van der Waals surface area contributed by atoms with E-state index in [0.29, 0.717) is 30.0 Å². The van der Waals surface area contributed by atoms with Crippen LogP contribution >= 0.6 is 22.7 Å². The molecule has 2 aromatic heterocycles. The Hall–Kier alpha value is -2.72. The fourth-order valence-electron chi connectivity index (χ4n) is 3.01. The number of piperidine rings is 1. The highest BCUT2D eigenvalue weighted by atomic mass is 32.1. The predicted octanol–water partition coefficient (Wildman–Crippen LogP) is 2.63. The van der Waals surface area contributed by atoms with Crippen molar-refractivity contribution in [1.29, 1.82) is 0 Å². The van der Waals surface area contributed by atoms with E-state index in [0.717, 1.165) is 11.3 Å². The minimum Gasteiger partial charge on any atom is -0.465 e. The molecule has 0 aliphatic carbocycles. The van der Waals surface area contributed by atoms with E-state index in [9.17, 15) is 19.2 Å². The van der Waals surface area contributed by atoms with Gasteiger partial charge in [-0.15, -0.1) is 22.7 Å². The Labute approximate surface area is 175 Å². The molecule has 2 amide bonds. The lowest BCUT2D eigenvalue weighted by atomic mass is 9.98. The van der Waals surface area contributed by atoms with Crippen molar-refractivity contribution >= 4 is 52.1 Å². The number of methoxy groups -OCH3 is 1. The molecule has 1 fully saturated rings. The van der Waals surface area contributed by atoms with Gasteiger partial charge in [0, 0.05) is 13.1 Å². The summed E-state index contributed by atoms with van der Waals surface area (Å²) in [4.78, 5) is 51.1. The van der Waals surface area contributed by atoms with Crippen LogP contribution in [0.5, 0.6) is 0 Å². The molecule has 1 unspecified atom stereocenters. The lowest BCUT2D eigenvalue weighted by Crippen LogP contribution is -2.43. The number of likely N-dealkylation sites (tertiary alicyclic amines) is 1. The Balaban J connectivity index is 1.50. The summed E-state index contributed by atoms with van der Waals surface area (Å²) in [5.74, 6) is -2.17. The van der Waals surface area contributed by atoms with E-state index in [4.69, 9.17) is 4.74 Å². The molecule has 1 atom stereocenters. The van der Waals surface area contributed by atoms with Crippen molar-refractivity contribution in [3.05, 3.63) is 38.7 Å². The maximum Gasteiger partial charge on any atom is 0.350 e. The number of rotatable bonds is 6. The molecule has 0 bridgehead atoms. The molecular weight excluding hydrogens is 416 g/mol. The quantitative estimate of drug-likeness (QED) is 0.699. The SMILES string of the molecule is COC(=O)c1sccc1NC(=O)COC(=O)C1CCCN(C(=O)c2cccs2)C1. The minimum atomic E-state index is -0.552. The third kappa shape index (κ3) is 5.21. The Morgan fingerprint density at radius 2 is 2.03 bits per heavy atom. The molecular formula is C19H20N2O6S2. The molecule has 0 saturated carbocycles. The molecule has 3 heterocycles. The number of nitrogens with zero attached hydrogens (tertiary/aromatic N) is 1. The first-order chi connectivity index (χ1) is 14.0. The van der Waals surface area contributed by atoms with Gasteiger partial charge in [-0.1, -0.05) is 6.07 Å². The molecule has 1 aliphatic rings. The minimum absolute atomic E-state index is 0.0944. The maximum absolute atomic E-state index is 12.5. The van der Waals surface area contributed by atoms with Gasteiger partial charge in [0.25, 0.3) is 11.8 Å². The summed E-state index contributed by atoms with van der Waals surface area (Å²) < 4.78 is 9.79. The Bertz CT molecular complexity index is 892.